The predicted octanol–water partition coefficient (Wildman–Crippen LogP) is 1.77. The topological polar surface area (TPSA) is 41.1 Å². The SMILES string of the molecule is C=CNC(=O)NCc1ccc(F)cc1. The van der Waals surface area contributed by atoms with Gasteiger partial charge in [0, 0.05) is 6.54 Å². The molecule has 0 saturated carbocycles. The number of rotatable bonds is 3. The van der Waals surface area contributed by atoms with Crippen LogP contribution in [0, 0.1) is 5.82 Å². The zero-order valence-electron chi connectivity index (χ0n) is 7.59. The number of amides is 2. The maximum absolute atomic E-state index is 12.5. The summed E-state index contributed by atoms with van der Waals surface area (Å²) in [4.78, 5) is 10.9. The number of carbonyl (C=O) groups is 1. The fourth-order valence-electron chi connectivity index (χ4n) is 0.928. The Morgan fingerprint density at radius 2 is 2.07 bits per heavy atom. The second-order valence-corrected chi connectivity index (χ2v) is 2.66. The number of nitrogens with one attached hydrogen (secondary N) is 2. The Morgan fingerprint density at radius 1 is 1.43 bits per heavy atom. The minimum Gasteiger partial charge on any atom is -0.334 e. The summed E-state index contributed by atoms with van der Waals surface area (Å²) in [6, 6.07) is 5.60. The van der Waals surface area contributed by atoms with Gasteiger partial charge in [-0.15, -0.1) is 0 Å². The smallest absolute Gasteiger partial charge is 0.319 e. The second-order valence-electron chi connectivity index (χ2n) is 2.66. The Labute approximate surface area is 81.6 Å². The van der Waals surface area contributed by atoms with Crippen LogP contribution in [0.1, 0.15) is 5.56 Å². The third-order valence-electron chi connectivity index (χ3n) is 1.60. The summed E-state index contributed by atoms with van der Waals surface area (Å²) >= 11 is 0. The van der Waals surface area contributed by atoms with E-state index >= 15 is 0 Å². The highest BCUT2D eigenvalue weighted by atomic mass is 19.1. The van der Waals surface area contributed by atoms with Gasteiger partial charge in [-0.05, 0) is 23.9 Å². The zero-order chi connectivity index (χ0) is 10.4. The molecule has 74 valence electrons. The molecule has 0 aliphatic carbocycles. The molecule has 1 aromatic carbocycles. The Kier molecular flexibility index (Phi) is 3.67. The molecule has 0 fully saturated rings. The summed E-state index contributed by atoms with van der Waals surface area (Å²) in [5.74, 6) is -0.288. The van der Waals surface area contributed by atoms with Gasteiger partial charge >= 0.3 is 6.03 Å². The van der Waals surface area contributed by atoms with Crippen molar-refractivity contribution in [1.82, 2.24) is 10.6 Å². The van der Waals surface area contributed by atoms with Crippen LogP contribution in [0.2, 0.25) is 0 Å². The summed E-state index contributed by atoms with van der Waals surface area (Å²) in [7, 11) is 0. The van der Waals surface area contributed by atoms with E-state index in [9.17, 15) is 9.18 Å². The highest BCUT2D eigenvalue weighted by molar-refractivity contribution is 5.74. The lowest BCUT2D eigenvalue weighted by Gasteiger charge is -2.03. The van der Waals surface area contributed by atoms with Crippen LogP contribution in [0.4, 0.5) is 9.18 Å². The second kappa shape index (κ2) is 5.01. The molecule has 0 bridgehead atoms. The Morgan fingerprint density at radius 3 is 2.64 bits per heavy atom. The molecule has 0 heterocycles. The van der Waals surface area contributed by atoms with Gasteiger partial charge in [-0.2, -0.15) is 0 Å². The van der Waals surface area contributed by atoms with Crippen molar-refractivity contribution in [1.29, 1.82) is 0 Å². The molecule has 0 saturated heterocycles. The van der Waals surface area contributed by atoms with Gasteiger partial charge in [-0.1, -0.05) is 18.7 Å². The van der Waals surface area contributed by atoms with Gasteiger partial charge < -0.3 is 10.6 Å². The molecule has 0 aliphatic heterocycles. The Balaban J connectivity index is 2.41. The third kappa shape index (κ3) is 3.26. The van der Waals surface area contributed by atoms with E-state index < -0.39 is 0 Å². The summed E-state index contributed by atoms with van der Waals surface area (Å²) in [5, 5.41) is 4.94. The van der Waals surface area contributed by atoms with Gasteiger partial charge in [0.25, 0.3) is 0 Å². The lowest BCUT2D eigenvalue weighted by molar-refractivity contribution is 0.244. The van der Waals surface area contributed by atoms with Gasteiger partial charge in [0.2, 0.25) is 0 Å². The van der Waals surface area contributed by atoms with Crippen molar-refractivity contribution in [3.8, 4) is 0 Å². The molecule has 0 aromatic heterocycles. The summed E-state index contributed by atoms with van der Waals surface area (Å²) in [5.41, 5.74) is 0.839. The van der Waals surface area contributed by atoms with Gasteiger partial charge in [-0.3, -0.25) is 0 Å². The molecule has 4 heteroatoms. The average molecular weight is 194 g/mol. The van der Waals surface area contributed by atoms with Crippen molar-refractivity contribution in [3.63, 3.8) is 0 Å². The number of halogens is 1. The van der Waals surface area contributed by atoms with E-state index in [0.717, 1.165) is 5.56 Å². The number of carbonyl (C=O) groups excluding carboxylic acids is 1. The average Bonchev–Trinajstić information content (AvgIpc) is 2.17. The van der Waals surface area contributed by atoms with Crippen molar-refractivity contribution in [2.75, 3.05) is 0 Å². The maximum Gasteiger partial charge on any atom is 0.319 e. The Bertz CT molecular complexity index is 321. The minimum atomic E-state index is -0.329. The molecule has 0 aliphatic rings. The lowest BCUT2D eigenvalue weighted by atomic mass is 10.2. The van der Waals surface area contributed by atoms with E-state index in [4.69, 9.17) is 0 Å². The molecule has 1 rings (SSSR count). The number of urea groups is 1. The monoisotopic (exact) mass is 194 g/mol. The van der Waals surface area contributed by atoms with Crippen LogP contribution in [0.3, 0.4) is 0 Å². The molecule has 2 amide bonds. The first-order valence-electron chi connectivity index (χ1n) is 4.12. The van der Waals surface area contributed by atoms with E-state index in [1.807, 2.05) is 0 Å². The molecule has 2 N–H and O–H groups in total. The van der Waals surface area contributed by atoms with E-state index in [-0.39, 0.29) is 11.8 Å². The molecule has 3 nitrogen and oxygen atoms in total. The largest absolute Gasteiger partial charge is 0.334 e. The summed E-state index contributed by atoms with van der Waals surface area (Å²) < 4.78 is 12.5. The zero-order valence-corrected chi connectivity index (χ0v) is 7.59. The maximum atomic E-state index is 12.5. The fraction of sp³-hybridized carbons (Fsp3) is 0.100. The van der Waals surface area contributed by atoms with Crippen LogP contribution < -0.4 is 10.6 Å². The molecular formula is C10H11FN2O. The van der Waals surface area contributed by atoms with E-state index in [0.29, 0.717) is 6.54 Å². The van der Waals surface area contributed by atoms with Crippen molar-refractivity contribution >= 4 is 6.03 Å². The quantitative estimate of drug-likeness (QED) is 0.756. The molecule has 0 radical (unpaired) electrons. The van der Waals surface area contributed by atoms with Crippen LogP contribution in [0.25, 0.3) is 0 Å². The fourth-order valence-corrected chi connectivity index (χ4v) is 0.928. The number of benzene rings is 1. The predicted molar refractivity (Wildman–Crippen MR) is 52.0 cm³/mol. The van der Waals surface area contributed by atoms with Crippen molar-refractivity contribution in [3.05, 3.63) is 48.4 Å². The van der Waals surface area contributed by atoms with Crippen LogP contribution in [0.5, 0.6) is 0 Å². The highest BCUT2D eigenvalue weighted by Crippen LogP contribution is 2.01. The van der Waals surface area contributed by atoms with Crippen LogP contribution in [0.15, 0.2) is 37.0 Å². The van der Waals surface area contributed by atoms with E-state index in [2.05, 4.69) is 17.2 Å². The summed E-state index contributed by atoms with van der Waals surface area (Å²) in [6.45, 7) is 3.71. The van der Waals surface area contributed by atoms with Crippen molar-refractivity contribution < 1.29 is 9.18 Å². The first-order chi connectivity index (χ1) is 6.72. The first kappa shape index (κ1) is 10.2. The normalized spacial score (nSPS) is 9.21. The van der Waals surface area contributed by atoms with Gasteiger partial charge in [0.15, 0.2) is 0 Å². The standard InChI is InChI=1S/C10H11FN2O/c1-2-12-10(14)13-7-8-3-5-9(11)6-4-8/h2-6H,1,7H2,(H2,12,13,14). The minimum absolute atomic E-state index is 0.288. The van der Waals surface area contributed by atoms with Crippen LogP contribution >= 0.6 is 0 Å². The van der Waals surface area contributed by atoms with Gasteiger partial charge in [-0.25, -0.2) is 9.18 Å². The summed E-state index contributed by atoms with van der Waals surface area (Å²) in [6.07, 6.45) is 1.29. The number of hydrogen-bond donors (Lipinski definition) is 2. The molecule has 1 aromatic rings. The molecular weight excluding hydrogens is 183 g/mol. The van der Waals surface area contributed by atoms with Crippen LogP contribution in [-0.2, 0) is 6.54 Å². The lowest BCUT2D eigenvalue weighted by Crippen LogP contribution is -2.31. The first-order valence-corrected chi connectivity index (χ1v) is 4.12. The highest BCUT2D eigenvalue weighted by Gasteiger charge is 1.97. The number of hydrogen-bond acceptors (Lipinski definition) is 1. The van der Waals surface area contributed by atoms with Crippen LogP contribution in [-0.4, -0.2) is 6.03 Å². The van der Waals surface area contributed by atoms with Crippen molar-refractivity contribution in [2.24, 2.45) is 0 Å². The van der Waals surface area contributed by atoms with Gasteiger partial charge in [0.05, 0.1) is 0 Å². The molecule has 0 atom stereocenters. The molecule has 0 unspecified atom stereocenters. The molecule has 14 heavy (non-hydrogen) atoms. The van der Waals surface area contributed by atoms with Crippen molar-refractivity contribution in [2.45, 2.75) is 6.54 Å². The third-order valence-corrected chi connectivity index (χ3v) is 1.60. The van der Waals surface area contributed by atoms with Gasteiger partial charge in [0.1, 0.15) is 5.82 Å². The van der Waals surface area contributed by atoms with E-state index in [1.54, 1.807) is 12.1 Å². The van der Waals surface area contributed by atoms with E-state index in [1.165, 1.54) is 18.3 Å². The molecule has 0 spiro atoms. The Hall–Kier alpha value is -1.84.